The Balaban J connectivity index is 1.86. The molecule has 0 atom stereocenters. The van der Waals surface area contributed by atoms with E-state index in [9.17, 15) is 0 Å². The number of nitrogens with one attached hydrogen (secondary N) is 1. The Bertz CT molecular complexity index is 578. The van der Waals surface area contributed by atoms with Crippen molar-refractivity contribution in [3.63, 3.8) is 0 Å². The maximum absolute atomic E-state index is 5.73. The van der Waals surface area contributed by atoms with Crippen LogP contribution in [0.15, 0.2) is 12.7 Å². The van der Waals surface area contributed by atoms with E-state index in [1.54, 1.807) is 0 Å². The Kier molecular flexibility index (Phi) is 3.18. The Morgan fingerprint density at radius 2 is 2.10 bits per heavy atom. The summed E-state index contributed by atoms with van der Waals surface area (Å²) in [5.74, 6) is 0.921. The van der Waals surface area contributed by atoms with Gasteiger partial charge in [-0.25, -0.2) is 4.98 Å². The van der Waals surface area contributed by atoms with Gasteiger partial charge in [0.2, 0.25) is 11.9 Å². The maximum Gasteiger partial charge on any atom is 0.258 e. The summed E-state index contributed by atoms with van der Waals surface area (Å²) < 4.78 is 6.81. The zero-order valence-corrected chi connectivity index (χ0v) is 11.2. The molecule has 3 heterocycles. The van der Waals surface area contributed by atoms with Gasteiger partial charge in [0.25, 0.3) is 5.95 Å². The topological polar surface area (TPSA) is 117 Å². The summed E-state index contributed by atoms with van der Waals surface area (Å²) in [6.45, 7) is 3.56. The number of nitrogen functional groups attached to an aromatic ring is 1. The maximum atomic E-state index is 5.73. The summed E-state index contributed by atoms with van der Waals surface area (Å²) in [5.41, 5.74) is 5.62. The van der Waals surface area contributed by atoms with Crippen molar-refractivity contribution in [1.82, 2.24) is 29.7 Å². The third-order valence-corrected chi connectivity index (χ3v) is 3.27. The van der Waals surface area contributed by atoms with Crippen LogP contribution in [0, 0.1) is 0 Å². The van der Waals surface area contributed by atoms with Crippen molar-refractivity contribution in [1.29, 1.82) is 0 Å². The van der Waals surface area contributed by atoms with Gasteiger partial charge in [-0.1, -0.05) is 0 Å². The standard InChI is InChI=1S/C11H16N8O/c1-11(2-4-20-5-3-11)18-9-15-8(12)16-10(17-9)19-7-13-6-14-19/h6-7H,2-5H2,1H3,(H3,12,15,16,17,18). The van der Waals surface area contributed by atoms with Gasteiger partial charge < -0.3 is 15.8 Å². The molecule has 3 N–H and O–H groups in total. The highest BCUT2D eigenvalue weighted by Gasteiger charge is 2.28. The van der Waals surface area contributed by atoms with Crippen LogP contribution in [-0.4, -0.2) is 48.5 Å². The van der Waals surface area contributed by atoms with Crippen LogP contribution in [0.2, 0.25) is 0 Å². The van der Waals surface area contributed by atoms with Crippen LogP contribution in [0.5, 0.6) is 0 Å². The van der Waals surface area contributed by atoms with E-state index in [-0.39, 0.29) is 11.5 Å². The van der Waals surface area contributed by atoms with Crippen LogP contribution in [0.4, 0.5) is 11.9 Å². The molecule has 0 spiro atoms. The van der Waals surface area contributed by atoms with E-state index in [1.807, 2.05) is 0 Å². The van der Waals surface area contributed by atoms with Gasteiger partial charge in [0.15, 0.2) is 0 Å². The second-order valence-electron chi connectivity index (χ2n) is 4.96. The number of hydrogen-bond acceptors (Lipinski definition) is 8. The highest BCUT2D eigenvalue weighted by Crippen LogP contribution is 2.24. The van der Waals surface area contributed by atoms with Crippen LogP contribution in [0.1, 0.15) is 19.8 Å². The Morgan fingerprint density at radius 3 is 2.80 bits per heavy atom. The predicted molar refractivity (Wildman–Crippen MR) is 71.2 cm³/mol. The lowest BCUT2D eigenvalue weighted by molar-refractivity contribution is 0.0656. The van der Waals surface area contributed by atoms with Crippen LogP contribution >= 0.6 is 0 Å². The lowest BCUT2D eigenvalue weighted by Crippen LogP contribution is -2.41. The number of hydrogen-bond donors (Lipinski definition) is 2. The molecule has 2 aromatic heterocycles. The lowest BCUT2D eigenvalue weighted by atomic mass is 9.93. The smallest absolute Gasteiger partial charge is 0.258 e. The monoisotopic (exact) mass is 276 g/mol. The molecule has 2 aromatic rings. The molecule has 0 bridgehead atoms. The van der Waals surface area contributed by atoms with Crippen molar-refractivity contribution in [2.75, 3.05) is 24.3 Å². The van der Waals surface area contributed by atoms with E-state index in [4.69, 9.17) is 10.5 Å². The minimum Gasteiger partial charge on any atom is -0.381 e. The highest BCUT2D eigenvalue weighted by atomic mass is 16.5. The summed E-state index contributed by atoms with van der Waals surface area (Å²) in [5, 5.41) is 7.30. The number of nitrogens with zero attached hydrogens (tertiary/aromatic N) is 6. The molecule has 1 saturated heterocycles. The van der Waals surface area contributed by atoms with Gasteiger partial charge in [-0.2, -0.15) is 24.7 Å². The largest absolute Gasteiger partial charge is 0.381 e. The van der Waals surface area contributed by atoms with Gasteiger partial charge in [-0.3, -0.25) is 0 Å². The highest BCUT2D eigenvalue weighted by molar-refractivity contribution is 5.37. The summed E-state index contributed by atoms with van der Waals surface area (Å²) in [4.78, 5) is 16.4. The van der Waals surface area contributed by atoms with Crippen molar-refractivity contribution < 1.29 is 4.74 Å². The van der Waals surface area contributed by atoms with Crippen LogP contribution in [0.3, 0.4) is 0 Å². The van der Waals surface area contributed by atoms with Crippen molar-refractivity contribution >= 4 is 11.9 Å². The van der Waals surface area contributed by atoms with Gasteiger partial charge >= 0.3 is 0 Å². The quantitative estimate of drug-likeness (QED) is 0.805. The Labute approximate surface area is 115 Å². The zero-order valence-electron chi connectivity index (χ0n) is 11.2. The van der Waals surface area contributed by atoms with E-state index in [0.29, 0.717) is 11.9 Å². The minimum atomic E-state index is -0.105. The second kappa shape index (κ2) is 5.00. The fourth-order valence-electron chi connectivity index (χ4n) is 2.07. The summed E-state index contributed by atoms with van der Waals surface area (Å²) in [6, 6.07) is 0. The molecular weight excluding hydrogens is 260 g/mol. The zero-order chi connectivity index (χ0) is 14.0. The fourth-order valence-corrected chi connectivity index (χ4v) is 2.07. The molecule has 106 valence electrons. The Morgan fingerprint density at radius 1 is 1.30 bits per heavy atom. The van der Waals surface area contributed by atoms with Gasteiger partial charge in [-0.05, 0) is 19.8 Å². The second-order valence-corrected chi connectivity index (χ2v) is 4.96. The van der Waals surface area contributed by atoms with Crippen LogP contribution < -0.4 is 11.1 Å². The molecule has 0 aromatic carbocycles. The van der Waals surface area contributed by atoms with Gasteiger partial charge in [0.1, 0.15) is 12.7 Å². The molecule has 0 saturated carbocycles. The molecule has 0 unspecified atom stereocenters. The molecule has 1 aliphatic rings. The van der Waals surface area contributed by atoms with E-state index < -0.39 is 0 Å². The first-order valence-electron chi connectivity index (χ1n) is 6.37. The number of anilines is 2. The van der Waals surface area contributed by atoms with E-state index in [2.05, 4.69) is 37.3 Å². The summed E-state index contributed by atoms with van der Waals surface area (Å²) in [7, 11) is 0. The molecule has 1 fully saturated rings. The van der Waals surface area contributed by atoms with E-state index in [0.717, 1.165) is 26.1 Å². The first-order chi connectivity index (χ1) is 9.65. The number of aromatic nitrogens is 6. The third kappa shape index (κ3) is 2.67. The van der Waals surface area contributed by atoms with Crippen molar-refractivity contribution in [3.8, 4) is 5.95 Å². The van der Waals surface area contributed by atoms with Crippen LogP contribution in [-0.2, 0) is 4.74 Å². The predicted octanol–water partition coefficient (Wildman–Crippen LogP) is 0.0155. The number of nitrogens with two attached hydrogens (primary N) is 1. The van der Waals surface area contributed by atoms with Crippen molar-refractivity contribution in [2.45, 2.75) is 25.3 Å². The summed E-state index contributed by atoms with van der Waals surface area (Å²) >= 11 is 0. The lowest BCUT2D eigenvalue weighted by Gasteiger charge is -2.34. The van der Waals surface area contributed by atoms with Gasteiger partial charge in [-0.15, -0.1) is 0 Å². The molecule has 0 aliphatic carbocycles. The number of ether oxygens (including phenoxy) is 1. The average molecular weight is 276 g/mol. The normalized spacial score (nSPS) is 17.9. The molecule has 3 rings (SSSR count). The fraction of sp³-hybridized carbons (Fsp3) is 0.545. The molecule has 9 nitrogen and oxygen atoms in total. The molecule has 0 radical (unpaired) electrons. The van der Waals surface area contributed by atoms with Crippen molar-refractivity contribution in [2.24, 2.45) is 0 Å². The first kappa shape index (κ1) is 12.7. The summed E-state index contributed by atoms with van der Waals surface area (Å²) in [6.07, 6.45) is 4.69. The third-order valence-electron chi connectivity index (χ3n) is 3.27. The minimum absolute atomic E-state index is 0.105. The van der Waals surface area contributed by atoms with Gasteiger partial charge in [0.05, 0.1) is 0 Å². The number of rotatable bonds is 3. The van der Waals surface area contributed by atoms with E-state index in [1.165, 1.54) is 17.3 Å². The van der Waals surface area contributed by atoms with Gasteiger partial charge in [0, 0.05) is 18.8 Å². The first-order valence-corrected chi connectivity index (χ1v) is 6.37. The SMILES string of the molecule is CC1(Nc2nc(N)nc(-n3cncn3)n2)CCOCC1. The molecular formula is C11H16N8O. The Hall–Kier alpha value is -2.29. The van der Waals surface area contributed by atoms with Crippen molar-refractivity contribution in [3.05, 3.63) is 12.7 Å². The molecule has 0 amide bonds. The molecule has 9 heteroatoms. The van der Waals surface area contributed by atoms with E-state index >= 15 is 0 Å². The average Bonchev–Trinajstić information content (AvgIpc) is 2.92. The van der Waals surface area contributed by atoms with Crippen LogP contribution in [0.25, 0.3) is 5.95 Å². The molecule has 1 aliphatic heterocycles. The molecule has 20 heavy (non-hydrogen) atoms.